The first-order valence-electron chi connectivity index (χ1n) is 7.64. The van der Waals surface area contributed by atoms with Gasteiger partial charge in [0.25, 0.3) is 0 Å². The van der Waals surface area contributed by atoms with E-state index in [2.05, 4.69) is 19.2 Å². The third-order valence-corrected chi connectivity index (χ3v) is 3.11. The lowest BCUT2D eigenvalue weighted by Crippen LogP contribution is -2.19. The van der Waals surface area contributed by atoms with Gasteiger partial charge in [0.2, 0.25) is 0 Å². The summed E-state index contributed by atoms with van der Waals surface area (Å²) in [4.78, 5) is 11.8. The van der Waals surface area contributed by atoms with E-state index in [1.165, 1.54) is 25.7 Å². The van der Waals surface area contributed by atoms with Crippen LogP contribution in [0.2, 0.25) is 0 Å². The maximum Gasteiger partial charge on any atom is 0.338 e. The number of esters is 1. The molecule has 112 valence electrons. The molecule has 0 saturated carbocycles. The van der Waals surface area contributed by atoms with Crippen LogP contribution in [0.5, 0.6) is 0 Å². The van der Waals surface area contributed by atoms with Crippen molar-refractivity contribution in [1.82, 2.24) is 0 Å². The standard InChI is InChI=1S/C17H27NO2/c1-5-7-15(8-6-2)18-16-11-9-14(10-12-16)17(19)20-13(3)4/h9-13,15,18H,5-8H2,1-4H3. The monoisotopic (exact) mass is 277 g/mol. The van der Waals surface area contributed by atoms with E-state index in [9.17, 15) is 4.79 Å². The lowest BCUT2D eigenvalue weighted by atomic mass is 10.1. The number of hydrogen-bond acceptors (Lipinski definition) is 3. The van der Waals surface area contributed by atoms with Crippen molar-refractivity contribution in [2.45, 2.75) is 65.5 Å². The Morgan fingerprint density at radius 2 is 1.65 bits per heavy atom. The van der Waals surface area contributed by atoms with Crippen molar-refractivity contribution in [3.63, 3.8) is 0 Å². The van der Waals surface area contributed by atoms with E-state index in [4.69, 9.17) is 4.74 Å². The Balaban J connectivity index is 2.63. The van der Waals surface area contributed by atoms with Crippen molar-refractivity contribution in [3.05, 3.63) is 29.8 Å². The zero-order valence-corrected chi connectivity index (χ0v) is 13.1. The molecule has 0 heterocycles. The van der Waals surface area contributed by atoms with Crippen LogP contribution in [-0.2, 0) is 4.74 Å². The molecule has 0 fully saturated rings. The number of carbonyl (C=O) groups excluding carboxylic acids is 1. The van der Waals surface area contributed by atoms with Crippen LogP contribution in [0, 0.1) is 0 Å². The van der Waals surface area contributed by atoms with Gasteiger partial charge in [0.05, 0.1) is 11.7 Å². The number of nitrogens with one attached hydrogen (secondary N) is 1. The molecule has 1 aromatic carbocycles. The van der Waals surface area contributed by atoms with Gasteiger partial charge in [-0.2, -0.15) is 0 Å². The molecule has 0 aliphatic heterocycles. The van der Waals surface area contributed by atoms with Crippen molar-refractivity contribution < 1.29 is 9.53 Å². The summed E-state index contributed by atoms with van der Waals surface area (Å²) in [5.41, 5.74) is 1.67. The number of ether oxygens (including phenoxy) is 1. The molecule has 0 spiro atoms. The fourth-order valence-electron chi connectivity index (χ4n) is 2.21. The van der Waals surface area contributed by atoms with Crippen LogP contribution >= 0.6 is 0 Å². The molecule has 3 nitrogen and oxygen atoms in total. The molecule has 1 aromatic rings. The summed E-state index contributed by atoms with van der Waals surface area (Å²) in [6.45, 7) is 8.12. The predicted molar refractivity (Wildman–Crippen MR) is 84.2 cm³/mol. The van der Waals surface area contributed by atoms with Gasteiger partial charge in [0, 0.05) is 11.7 Å². The summed E-state index contributed by atoms with van der Waals surface area (Å²) >= 11 is 0. The van der Waals surface area contributed by atoms with Gasteiger partial charge >= 0.3 is 5.97 Å². The minimum Gasteiger partial charge on any atom is -0.459 e. The molecule has 0 aliphatic carbocycles. The molecule has 0 aromatic heterocycles. The van der Waals surface area contributed by atoms with E-state index >= 15 is 0 Å². The van der Waals surface area contributed by atoms with Gasteiger partial charge in [-0.05, 0) is 51.0 Å². The Kier molecular flexibility index (Phi) is 7.13. The topological polar surface area (TPSA) is 38.3 Å². The zero-order valence-electron chi connectivity index (χ0n) is 13.1. The SMILES string of the molecule is CCCC(CCC)Nc1ccc(C(=O)OC(C)C)cc1. The summed E-state index contributed by atoms with van der Waals surface area (Å²) in [6.07, 6.45) is 4.61. The van der Waals surface area contributed by atoms with Crippen LogP contribution < -0.4 is 5.32 Å². The first-order valence-corrected chi connectivity index (χ1v) is 7.64. The third kappa shape index (κ3) is 5.64. The van der Waals surface area contributed by atoms with Gasteiger partial charge in [-0.15, -0.1) is 0 Å². The van der Waals surface area contributed by atoms with Crippen molar-refractivity contribution in [1.29, 1.82) is 0 Å². The van der Waals surface area contributed by atoms with E-state index in [0.717, 1.165) is 5.69 Å². The molecule has 0 bridgehead atoms. The highest BCUT2D eigenvalue weighted by atomic mass is 16.5. The van der Waals surface area contributed by atoms with E-state index in [1.54, 1.807) is 0 Å². The van der Waals surface area contributed by atoms with Gasteiger partial charge in [0.15, 0.2) is 0 Å². The quantitative estimate of drug-likeness (QED) is 0.704. The fraction of sp³-hybridized carbons (Fsp3) is 0.588. The second kappa shape index (κ2) is 8.62. The van der Waals surface area contributed by atoms with E-state index in [-0.39, 0.29) is 12.1 Å². The molecular formula is C17H27NO2. The van der Waals surface area contributed by atoms with E-state index in [0.29, 0.717) is 11.6 Å². The molecule has 20 heavy (non-hydrogen) atoms. The Hall–Kier alpha value is -1.51. The first-order chi connectivity index (χ1) is 9.56. The normalized spacial score (nSPS) is 10.9. The number of anilines is 1. The summed E-state index contributed by atoms with van der Waals surface area (Å²) in [5, 5.41) is 3.54. The van der Waals surface area contributed by atoms with Crippen molar-refractivity contribution >= 4 is 11.7 Å². The average Bonchev–Trinajstić information content (AvgIpc) is 2.39. The smallest absolute Gasteiger partial charge is 0.338 e. The number of rotatable bonds is 8. The predicted octanol–water partition coefficient (Wildman–Crippen LogP) is 4.63. The molecule has 1 rings (SSSR count). The highest BCUT2D eigenvalue weighted by Crippen LogP contribution is 2.16. The van der Waals surface area contributed by atoms with Crippen LogP contribution in [-0.4, -0.2) is 18.1 Å². The van der Waals surface area contributed by atoms with Crippen molar-refractivity contribution in [2.75, 3.05) is 5.32 Å². The Bertz CT molecular complexity index is 392. The van der Waals surface area contributed by atoms with Crippen LogP contribution in [0.4, 0.5) is 5.69 Å². The Labute approximate surface area is 122 Å². The van der Waals surface area contributed by atoms with Gasteiger partial charge < -0.3 is 10.1 Å². The maximum atomic E-state index is 11.8. The minimum atomic E-state index is -0.259. The minimum absolute atomic E-state index is 0.0845. The maximum absolute atomic E-state index is 11.8. The summed E-state index contributed by atoms with van der Waals surface area (Å²) in [6, 6.07) is 8.06. The van der Waals surface area contributed by atoms with E-state index in [1.807, 2.05) is 38.1 Å². The highest BCUT2D eigenvalue weighted by Gasteiger charge is 2.10. The second-order valence-electron chi connectivity index (χ2n) is 5.45. The van der Waals surface area contributed by atoms with Crippen LogP contribution in [0.15, 0.2) is 24.3 Å². The largest absolute Gasteiger partial charge is 0.459 e. The van der Waals surface area contributed by atoms with Gasteiger partial charge in [-0.3, -0.25) is 0 Å². The molecule has 0 aliphatic rings. The number of benzene rings is 1. The van der Waals surface area contributed by atoms with Crippen LogP contribution in [0.3, 0.4) is 0 Å². The van der Waals surface area contributed by atoms with Gasteiger partial charge in [-0.1, -0.05) is 26.7 Å². The molecule has 0 unspecified atom stereocenters. The van der Waals surface area contributed by atoms with Crippen molar-refractivity contribution in [3.8, 4) is 0 Å². The summed E-state index contributed by atoms with van der Waals surface area (Å²) < 4.78 is 5.18. The number of carbonyl (C=O) groups is 1. The Morgan fingerprint density at radius 1 is 1.10 bits per heavy atom. The van der Waals surface area contributed by atoms with Crippen molar-refractivity contribution in [2.24, 2.45) is 0 Å². The highest BCUT2D eigenvalue weighted by molar-refractivity contribution is 5.89. The molecule has 1 N–H and O–H groups in total. The summed E-state index contributed by atoms with van der Waals surface area (Å²) in [7, 11) is 0. The number of hydrogen-bond donors (Lipinski definition) is 1. The fourth-order valence-corrected chi connectivity index (χ4v) is 2.21. The lowest BCUT2D eigenvalue weighted by molar-refractivity contribution is 0.0378. The molecule has 0 radical (unpaired) electrons. The van der Waals surface area contributed by atoms with Gasteiger partial charge in [-0.25, -0.2) is 4.79 Å². The van der Waals surface area contributed by atoms with Crippen LogP contribution in [0.1, 0.15) is 63.7 Å². The third-order valence-electron chi connectivity index (χ3n) is 3.11. The van der Waals surface area contributed by atoms with E-state index < -0.39 is 0 Å². The zero-order chi connectivity index (χ0) is 15.0. The molecule has 0 saturated heterocycles. The Morgan fingerprint density at radius 3 is 2.10 bits per heavy atom. The van der Waals surface area contributed by atoms with Crippen LogP contribution in [0.25, 0.3) is 0 Å². The first kappa shape index (κ1) is 16.5. The second-order valence-corrected chi connectivity index (χ2v) is 5.45. The van der Waals surface area contributed by atoms with Gasteiger partial charge in [0.1, 0.15) is 0 Å². The molecule has 0 amide bonds. The molecular weight excluding hydrogens is 250 g/mol. The summed E-state index contributed by atoms with van der Waals surface area (Å²) in [5.74, 6) is -0.259. The lowest BCUT2D eigenvalue weighted by Gasteiger charge is -2.18. The molecule has 3 heteroatoms. The average molecular weight is 277 g/mol. The molecule has 0 atom stereocenters.